The molecule has 0 spiro atoms. The summed E-state index contributed by atoms with van der Waals surface area (Å²) < 4.78 is 0.901. The molecule has 2 aromatic carbocycles. The zero-order chi connectivity index (χ0) is 14.7. The molecule has 1 N–H and O–H groups in total. The maximum atomic E-state index is 10.4. The molecule has 0 saturated carbocycles. The highest BCUT2D eigenvalue weighted by atomic mass is 79.9. The predicted molar refractivity (Wildman–Crippen MR) is 87.9 cm³/mol. The summed E-state index contributed by atoms with van der Waals surface area (Å²) in [4.78, 5) is 4.24. The average molecular weight is 340 g/mol. The van der Waals surface area contributed by atoms with Gasteiger partial charge in [-0.3, -0.25) is 4.98 Å². The molecule has 21 heavy (non-hydrogen) atoms. The minimum atomic E-state index is -0.706. The Labute approximate surface area is 132 Å². The summed E-state index contributed by atoms with van der Waals surface area (Å²) in [6.07, 6.45) is 0.986. The van der Waals surface area contributed by atoms with Crippen molar-refractivity contribution < 1.29 is 5.11 Å². The fourth-order valence-electron chi connectivity index (χ4n) is 2.21. The van der Waals surface area contributed by atoms with Crippen LogP contribution in [0, 0.1) is 0 Å². The first-order valence-electron chi connectivity index (χ1n) is 6.69. The second-order valence-electron chi connectivity index (χ2n) is 4.79. The van der Waals surface area contributed by atoms with E-state index in [1.54, 1.807) is 6.20 Å². The molecule has 0 fully saturated rings. The van der Waals surface area contributed by atoms with Gasteiger partial charge in [0.25, 0.3) is 0 Å². The smallest absolute Gasteiger partial charge is 0.121 e. The van der Waals surface area contributed by atoms with E-state index in [0.29, 0.717) is 5.69 Å². The van der Waals surface area contributed by atoms with Crippen molar-refractivity contribution >= 4 is 15.9 Å². The second kappa shape index (κ2) is 6.20. The number of nitrogens with zero attached hydrogens (tertiary/aromatic N) is 1. The van der Waals surface area contributed by atoms with Gasteiger partial charge in [0.1, 0.15) is 6.10 Å². The number of aliphatic hydroxyl groups is 1. The number of halogens is 1. The third-order valence-electron chi connectivity index (χ3n) is 3.36. The molecule has 1 heterocycles. The molecule has 0 aliphatic carbocycles. The molecule has 1 aromatic heterocycles. The maximum absolute atomic E-state index is 10.4. The van der Waals surface area contributed by atoms with Crippen LogP contribution in [0.1, 0.15) is 17.4 Å². The second-order valence-corrected chi connectivity index (χ2v) is 5.71. The third-order valence-corrected chi connectivity index (χ3v) is 3.83. The van der Waals surface area contributed by atoms with E-state index >= 15 is 0 Å². The van der Waals surface area contributed by atoms with Crippen LogP contribution < -0.4 is 0 Å². The van der Waals surface area contributed by atoms with Gasteiger partial charge >= 0.3 is 0 Å². The number of aliphatic hydroxyl groups excluding tert-OH is 1. The lowest BCUT2D eigenvalue weighted by molar-refractivity contribution is 0.215. The minimum absolute atomic E-state index is 0.644. The summed E-state index contributed by atoms with van der Waals surface area (Å²) in [5, 5.41) is 10.4. The monoisotopic (exact) mass is 339 g/mol. The third kappa shape index (κ3) is 3.20. The molecule has 3 rings (SSSR count). The van der Waals surface area contributed by atoms with Crippen molar-refractivity contribution in [3.05, 3.63) is 88.7 Å². The number of benzene rings is 2. The van der Waals surface area contributed by atoms with Gasteiger partial charge in [0, 0.05) is 10.7 Å². The highest BCUT2D eigenvalue weighted by Crippen LogP contribution is 2.25. The molecule has 3 heteroatoms. The quantitative estimate of drug-likeness (QED) is 0.756. The van der Waals surface area contributed by atoms with E-state index in [4.69, 9.17) is 0 Å². The number of rotatable bonds is 3. The van der Waals surface area contributed by atoms with Crippen molar-refractivity contribution in [3.8, 4) is 11.1 Å². The van der Waals surface area contributed by atoms with Gasteiger partial charge in [-0.15, -0.1) is 0 Å². The molecule has 1 atom stereocenters. The van der Waals surface area contributed by atoms with Gasteiger partial charge < -0.3 is 5.11 Å². The molecule has 0 radical (unpaired) electrons. The number of aromatic nitrogens is 1. The standard InChI is InChI=1S/C18H14BrNO/c19-16-10-11-17(20-12-16)18(21)15-8-6-14(7-9-15)13-4-2-1-3-5-13/h1-12,18,21H. The summed E-state index contributed by atoms with van der Waals surface area (Å²) in [5.41, 5.74) is 3.78. The van der Waals surface area contributed by atoms with Crippen LogP contribution in [0.25, 0.3) is 11.1 Å². The Bertz CT molecular complexity index is 708. The molecule has 0 saturated heterocycles. The van der Waals surface area contributed by atoms with Gasteiger partial charge in [0.2, 0.25) is 0 Å². The van der Waals surface area contributed by atoms with Crippen molar-refractivity contribution in [3.63, 3.8) is 0 Å². The summed E-state index contributed by atoms with van der Waals surface area (Å²) >= 11 is 3.34. The largest absolute Gasteiger partial charge is 0.382 e. The van der Waals surface area contributed by atoms with Crippen molar-refractivity contribution in [2.45, 2.75) is 6.10 Å². The van der Waals surface area contributed by atoms with Gasteiger partial charge in [-0.25, -0.2) is 0 Å². The van der Waals surface area contributed by atoms with Crippen LogP contribution >= 0.6 is 15.9 Å². The fourth-order valence-corrected chi connectivity index (χ4v) is 2.44. The van der Waals surface area contributed by atoms with Gasteiger partial charge in [-0.05, 0) is 44.8 Å². The zero-order valence-corrected chi connectivity index (χ0v) is 12.9. The van der Waals surface area contributed by atoms with E-state index in [9.17, 15) is 5.11 Å². The summed E-state index contributed by atoms with van der Waals surface area (Å²) in [6, 6.07) is 21.8. The first kappa shape index (κ1) is 14.0. The highest BCUT2D eigenvalue weighted by Gasteiger charge is 2.11. The molecular formula is C18H14BrNO. The van der Waals surface area contributed by atoms with Crippen LogP contribution in [0.15, 0.2) is 77.4 Å². The molecule has 104 valence electrons. The molecule has 0 amide bonds. The van der Waals surface area contributed by atoms with Crippen LogP contribution in [-0.2, 0) is 0 Å². The Kier molecular flexibility index (Phi) is 4.13. The average Bonchev–Trinajstić information content (AvgIpc) is 2.56. The summed E-state index contributed by atoms with van der Waals surface area (Å²) in [5.74, 6) is 0. The number of pyridine rings is 1. The molecule has 2 nitrogen and oxygen atoms in total. The van der Waals surface area contributed by atoms with Crippen molar-refractivity contribution in [2.75, 3.05) is 0 Å². The molecule has 3 aromatic rings. The van der Waals surface area contributed by atoms with Crippen LogP contribution in [0.4, 0.5) is 0 Å². The topological polar surface area (TPSA) is 33.1 Å². The van der Waals surface area contributed by atoms with Crippen LogP contribution in [0.3, 0.4) is 0 Å². The van der Waals surface area contributed by atoms with E-state index in [1.165, 1.54) is 5.56 Å². The van der Waals surface area contributed by atoms with E-state index < -0.39 is 6.10 Å². The van der Waals surface area contributed by atoms with E-state index in [-0.39, 0.29) is 0 Å². The van der Waals surface area contributed by atoms with Gasteiger partial charge in [-0.1, -0.05) is 54.6 Å². The van der Waals surface area contributed by atoms with E-state index in [2.05, 4.69) is 33.0 Å². The first-order chi connectivity index (χ1) is 10.2. The van der Waals surface area contributed by atoms with Crippen LogP contribution in [-0.4, -0.2) is 10.1 Å². The molecule has 0 bridgehead atoms. The number of hydrogen-bond donors (Lipinski definition) is 1. The lowest BCUT2D eigenvalue weighted by Gasteiger charge is -2.11. The Balaban J connectivity index is 1.85. The Hall–Kier alpha value is -1.97. The normalized spacial score (nSPS) is 12.1. The Morgan fingerprint density at radius 3 is 2.10 bits per heavy atom. The van der Waals surface area contributed by atoms with E-state index in [1.807, 2.05) is 54.6 Å². The van der Waals surface area contributed by atoms with Crippen molar-refractivity contribution in [1.82, 2.24) is 4.98 Å². The SMILES string of the molecule is OC(c1ccc(-c2ccccc2)cc1)c1ccc(Br)cn1. The molecule has 1 unspecified atom stereocenters. The Morgan fingerprint density at radius 2 is 1.48 bits per heavy atom. The van der Waals surface area contributed by atoms with Crippen LogP contribution in [0.5, 0.6) is 0 Å². The fraction of sp³-hybridized carbons (Fsp3) is 0.0556. The molecule has 0 aliphatic heterocycles. The molecule has 0 aliphatic rings. The first-order valence-corrected chi connectivity index (χ1v) is 7.48. The minimum Gasteiger partial charge on any atom is -0.382 e. The summed E-state index contributed by atoms with van der Waals surface area (Å²) in [6.45, 7) is 0. The maximum Gasteiger partial charge on any atom is 0.121 e. The Morgan fingerprint density at radius 1 is 0.810 bits per heavy atom. The van der Waals surface area contributed by atoms with Crippen LogP contribution in [0.2, 0.25) is 0 Å². The predicted octanol–water partition coefficient (Wildman–Crippen LogP) is 4.59. The van der Waals surface area contributed by atoms with Crippen molar-refractivity contribution in [1.29, 1.82) is 0 Å². The molecular weight excluding hydrogens is 326 g/mol. The van der Waals surface area contributed by atoms with Gasteiger partial charge in [-0.2, -0.15) is 0 Å². The lowest BCUT2D eigenvalue weighted by Crippen LogP contribution is -2.01. The number of hydrogen-bond acceptors (Lipinski definition) is 2. The van der Waals surface area contributed by atoms with Crippen molar-refractivity contribution in [2.24, 2.45) is 0 Å². The highest BCUT2D eigenvalue weighted by molar-refractivity contribution is 9.10. The summed E-state index contributed by atoms with van der Waals surface area (Å²) in [7, 11) is 0. The van der Waals surface area contributed by atoms with E-state index in [0.717, 1.165) is 15.6 Å². The lowest BCUT2D eigenvalue weighted by atomic mass is 10.0. The zero-order valence-electron chi connectivity index (χ0n) is 11.3. The van der Waals surface area contributed by atoms with Gasteiger partial charge in [0.05, 0.1) is 5.69 Å². The van der Waals surface area contributed by atoms with Gasteiger partial charge in [0.15, 0.2) is 0 Å².